The molecule has 0 aliphatic heterocycles. The molecule has 5 aromatic rings. The van der Waals surface area contributed by atoms with Crippen molar-refractivity contribution in [1.82, 2.24) is 9.97 Å². The zero-order chi connectivity index (χ0) is 16.6. The number of rotatable bonds is 2. The second-order valence-corrected chi connectivity index (χ2v) is 6.22. The standard InChI is InChI=1S/C23H16N2/c1-2-12-22-20(9-1)21-11-4-10-19(23(21)25-22)17-7-3-6-16(14-17)18-8-5-13-24-15-18/h1-15,25H. The molecule has 0 bridgehead atoms. The second kappa shape index (κ2) is 5.60. The SMILES string of the molecule is c1cncc(-c2cccc(-c3cccc4c3[nH]c3ccccc34)c2)c1. The Labute approximate surface area is 145 Å². The van der Waals surface area contributed by atoms with E-state index in [2.05, 4.69) is 82.8 Å². The maximum absolute atomic E-state index is 4.24. The fourth-order valence-corrected chi connectivity index (χ4v) is 3.51. The Balaban J connectivity index is 1.74. The van der Waals surface area contributed by atoms with E-state index in [0.717, 1.165) is 5.56 Å². The lowest BCUT2D eigenvalue weighted by atomic mass is 9.98. The van der Waals surface area contributed by atoms with Crippen LogP contribution < -0.4 is 0 Å². The third kappa shape index (κ3) is 2.31. The summed E-state index contributed by atoms with van der Waals surface area (Å²) in [5, 5.41) is 2.53. The first kappa shape index (κ1) is 14.0. The smallest absolute Gasteiger partial charge is 0.0544 e. The van der Waals surface area contributed by atoms with Gasteiger partial charge in [-0.25, -0.2) is 0 Å². The van der Waals surface area contributed by atoms with Crippen molar-refractivity contribution in [2.75, 3.05) is 0 Å². The highest BCUT2D eigenvalue weighted by atomic mass is 14.7. The van der Waals surface area contributed by atoms with Gasteiger partial charge < -0.3 is 4.98 Å². The summed E-state index contributed by atoms with van der Waals surface area (Å²) in [7, 11) is 0. The van der Waals surface area contributed by atoms with Gasteiger partial charge in [-0.2, -0.15) is 0 Å². The molecule has 2 heteroatoms. The van der Waals surface area contributed by atoms with Crippen LogP contribution in [-0.2, 0) is 0 Å². The lowest BCUT2D eigenvalue weighted by Gasteiger charge is -2.07. The third-order valence-electron chi connectivity index (χ3n) is 4.71. The highest BCUT2D eigenvalue weighted by molar-refractivity contribution is 6.11. The number of nitrogens with zero attached hydrogens (tertiary/aromatic N) is 1. The van der Waals surface area contributed by atoms with Gasteiger partial charge in [-0.15, -0.1) is 0 Å². The van der Waals surface area contributed by atoms with Crippen LogP contribution in [0.3, 0.4) is 0 Å². The Morgan fingerprint density at radius 1 is 0.640 bits per heavy atom. The van der Waals surface area contributed by atoms with Crippen LogP contribution in [0.25, 0.3) is 44.1 Å². The van der Waals surface area contributed by atoms with Gasteiger partial charge in [0.2, 0.25) is 0 Å². The van der Waals surface area contributed by atoms with E-state index < -0.39 is 0 Å². The molecule has 0 amide bonds. The quantitative estimate of drug-likeness (QED) is 0.421. The lowest BCUT2D eigenvalue weighted by Crippen LogP contribution is -1.83. The van der Waals surface area contributed by atoms with Gasteiger partial charge in [0.15, 0.2) is 0 Å². The van der Waals surface area contributed by atoms with E-state index in [1.807, 2.05) is 12.3 Å². The van der Waals surface area contributed by atoms with Crippen LogP contribution in [0, 0.1) is 0 Å². The molecular weight excluding hydrogens is 304 g/mol. The topological polar surface area (TPSA) is 28.7 Å². The Morgan fingerprint density at radius 3 is 2.36 bits per heavy atom. The van der Waals surface area contributed by atoms with Crippen LogP contribution >= 0.6 is 0 Å². The minimum Gasteiger partial charge on any atom is -0.354 e. The monoisotopic (exact) mass is 320 g/mol. The van der Waals surface area contributed by atoms with Crippen molar-refractivity contribution in [3.63, 3.8) is 0 Å². The predicted octanol–water partition coefficient (Wildman–Crippen LogP) is 6.05. The van der Waals surface area contributed by atoms with Gasteiger partial charge in [-0.1, -0.05) is 60.7 Å². The van der Waals surface area contributed by atoms with Crippen molar-refractivity contribution < 1.29 is 0 Å². The average Bonchev–Trinajstić information content (AvgIpc) is 3.07. The summed E-state index contributed by atoms with van der Waals surface area (Å²) in [6, 6.07) is 27.7. The first-order valence-electron chi connectivity index (χ1n) is 8.40. The molecule has 0 fully saturated rings. The fourth-order valence-electron chi connectivity index (χ4n) is 3.51. The van der Waals surface area contributed by atoms with Gasteiger partial charge in [0.25, 0.3) is 0 Å². The normalized spacial score (nSPS) is 11.2. The zero-order valence-electron chi connectivity index (χ0n) is 13.6. The van der Waals surface area contributed by atoms with Crippen LogP contribution in [-0.4, -0.2) is 9.97 Å². The van der Waals surface area contributed by atoms with E-state index in [4.69, 9.17) is 0 Å². The molecule has 25 heavy (non-hydrogen) atoms. The number of hydrogen-bond donors (Lipinski definition) is 1. The maximum atomic E-state index is 4.24. The summed E-state index contributed by atoms with van der Waals surface area (Å²) >= 11 is 0. The van der Waals surface area contributed by atoms with Crippen LogP contribution in [0.4, 0.5) is 0 Å². The molecule has 2 heterocycles. The summed E-state index contributed by atoms with van der Waals surface area (Å²) in [5.74, 6) is 0. The number of H-pyrrole nitrogens is 1. The largest absolute Gasteiger partial charge is 0.354 e. The van der Waals surface area contributed by atoms with Crippen molar-refractivity contribution >= 4 is 21.8 Å². The van der Waals surface area contributed by atoms with E-state index in [1.54, 1.807) is 6.20 Å². The number of para-hydroxylation sites is 2. The van der Waals surface area contributed by atoms with Crippen molar-refractivity contribution in [2.24, 2.45) is 0 Å². The molecule has 0 saturated carbocycles. The van der Waals surface area contributed by atoms with E-state index in [0.29, 0.717) is 0 Å². The van der Waals surface area contributed by atoms with Gasteiger partial charge >= 0.3 is 0 Å². The summed E-state index contributed by atoms with van der Waals surface area (Å²) < 4.78 is 0. The maximum Gasteiger partial charge on any atom is 0.0544 e. The highest BCUT2D eigenvalue weighted by Crippen LogP contribution is 2.34. The molecule has 3 aromatic carbocycles. The van der Waals surface area contributed by atoms with Crippen molar-refractivity contribution in [2.45, 2.75) is 0 Å². The minimum atomic E-state index is 1.13. The third-order valence-corrected chi connectivity index (χ3v) is 4.71. The van der Waals surface area contributed by atoms with Crippen LogP contribution in [0.5, 0.6) is 0 Å². The molecule has 0 unspecified atom stereocenters. The van der Waals surface area contributed by atoms with Crippen LogP contribution in [0.2, 0.25) is 0 Å². The number of aromatic amines is 1. The number of pyridine rings is 1. The molecule has 0 radical (unpaired) electrons. The molecule has 0 atom stereocenters. The molecule has 0 spiro atoms. The van der Waals surface area contributed by atoms with E-state index in [9.17, 15) is 0 Å². The summed E-state index contributed by atoms with van der Waals surface area (Å²) in [5.41, 5.74) is 7.10. The Morgan fingerprint density at radius 2 is 1.44 bits per heavy atom. The average molecular weight is 320 g/mol. The Kier molecular flexibility index (Phi) is 3.14. The highest BCUT2D eigenvalue weighted by Gasteiger charge is 2.10. The first-order valence-corrected chi connectivity index (χ1v) is 8.40. The van der Waals surface area contributed by atoms with Crippen LogP contribution in [0.1, 0.15) is 0 Å². The zero-order valence-corrected chi connectivity index (χ0v) is 13.6. The van der Waals surface area contributed by atoms with E-state index >= 15 is 0 Å². The Bertz CT molecular complexity index is 1190. The van der Waals surface area contributed by atoms with Crippen molar-refractivity contribution in [1.29, 1.82) is 0 Å². The Hall–Kier alpha value is -3.39. The number of nitrogens with one attached hydrogen (secondary N) is 1. The van der Waals surface area contributed by atoms with Crippen LogP contribution in [0.15, 0.2) is 91.3 Å². The minimum absolute atomic E-state index is 1.13. The summed E-state index contributed by atoms with van der Waals surface area (Å²) in [6.45, 7) is 0. The predicted molar refractivity (Wildman–Crippen MR) is 104 cm³/mol. The number of aromatic nitrogens is 2. The molecule has 0 saturated heterocycles. The molecule has 5 rings (SSSR count). The van der Waals surface area contributed by atoms with Crippen molar-refractivity contribution in [3.8, 4) is 22.3 Å². The van der Waals surface area contributed by atoms with Crippen molar-refractivity contribution in [3.05, 3.63) is 91.3 Å². The molecule has 0 aliphatic carbocycles. The summed E-state index contributed by atoms with van der Waals surface area (Å²) in [6.07, 6.45) is 3.71. The molecular formula is C23H16N2. The molecule has 0 aliphatic rings. The van der Waals surface area contributed by atoms with E-state index in [-0.39, 0.29) is 0 Å². The molecule has 1 N–H and O–H groups in total. The lowest BCUT2D eigenvalue weighted by molar-refractivity contribution is 1.33. The number of fused-ring (bicyclic) bond motifs is 3. The number of hydrogen-bond acceptors (Lipinski definition) is 1. The van der Waals surface area contributed by atoms with Gasteiger partial charge in [-0.3, -0.25) is 4.98 Å². The molecule has 118 valence electrons. The van der Waals surface area contributed by atoms with Gasteiger partial charge in [0.05, 0.1) is 5.52 Å². The molecule has 2 nitrogen and oxygen atoms in total. The van der Waals surface area contributed by atoms with Gasteiger partial charge in [0.1, 0.15) is 0 Å². The fraction of sp³-hybridized carbons (Fsp3) is 0. The van der Waals surface area contributed by atoms with E-state index in [1.165, 1.54) is 38.5 Å². The first-order chi connectivity index (χ1) is 12.4. The summed E-state index contributed by atoms with van der Waals surface area (Å²) in [4.78, 5) is 7.83. The van der Waals surface area contributed by atoms with Gasteiger partial charge in [0, 0.05) is 39.8 Å². The number of benzene rings is 3. The second-order valence-electron chi connectivity index (χ2n) is 6.22. The molecule has 2 aromatic heterocycles. The van der Waals surface area contributed by atoms with Gasteiger partial charge in [-0.05, 0) is 29.3 Å².